The normalized spacial score (nSPS) is 19.3. The molecule has 1 aliphatic heterocycles. The average Bonchev–Trinajstić information content (AvgIpc) is 3.28. The molecule has 0 radical (unpaired) electrons. The highest BCUT2D eigenvalue weighted by Crippen LogP contribution is 2.28. The second kappa shape index (κ2) is 7.42. The van der Waals surface area contributed by atoms with E-state index in [0.717, 1.165) is 29.9 Å². The van der Waals surface area contributed by atoms with Gasteiger partial charge in [-0.25, -0.2) is 4.98 Å². The highest BCUT2D eigenvalue weighted by Gasteiger charge is 2.34. The largest absolute Gasteiger partial charge is 0.321 e. The molecule has 8 heteroatoms. The van der Waals surface area contributed by atoms with Gasteiger partial charge in [-0.1, -0.05) is 12.1 Å². The molecule has 7 nitrogen and oxygen atoms in total. The minimum absolute atomic E-state index is 0.00840. The fourth-order valence-corrected chi connectivity index (χ4v) is 4.70. The smallest absolute Gasteiger partial charge is 0.279 e. The summed E-state index contributed by atoms with van der Waals surface area (Å²) in [6, 6.07) is 14.2. The van der Waals surface area contributed by atoms with Gasteiger partial charge < -0.3 is 10.2 Å². The summed E-state index contributed by atoms with van der Waals surface area (Å²) < 4.78 is 1.18. The number of carbonyl (C=O) groups excluding carboxylic acids is 1. The molecule has 0 saturated carbocycles. The Morgan fingerprint density at radius 3 is 2.78 bits per heavy atom. The molecule has 27 heavy (non-hydrogen) atoms. The highest BCUT2D eigenvalue weighted by atomic mass is 32.1. The van der Waals surface area contributed by atoms with Crippen LogP contribution in [0.3, 0.4) is 0 Å². The van der Waals surface area contributed by atoms with E-state index < -0.39 is 4.92 Å². The van der Waals surface area contributed by atoms with Gasteiger partial charge >= 0.3 is 0 Å². The maximum atomic E-state index is 12.5. The number of nitro groups is 1. The number of rotatable bonds is 5. The third kappa shape index (κ3) is 3.81. The number of nitrogens with one attached hydrogen (secondary N) is 2. The number of non-ortho nitro benzene ring substituents is 1. The van der Waals surface area contributed by atoms with Crippen LogP contribution in [0.25, 0.3) is 10.2 Å². The quantitative estimate of drug-likeness (QED) is 0.523. The van der Waals surface area contributed by atoms with Gasteiger partial charge in [0.1, 0.15) is 6.04 Å². The van der Waals surface area contributed by atoms with Gasteiger partial charge in [-0.2, -0.15) is 0 Å². The molecule has 1 amide bonds. The molecule has 0 bridgehead atoms. The molecule has 1 fully saturated rings. The van der Waals surface area contributed by atoms with Crippen LogP contribution in [0.15, 0.2) is 48.5 Å². The standard InChI is InChI=1S/C19H18N4O3S/c24-18(20-13-7-9-14(10-8-13)23(25)26)12-22-11-3-5-16(22)19-21-15-4-1-2-6-17(15)27-19/h1-2,4,6-10,16H,3,5,11-12H2,(H,20,24)/p+1/t16-/m1/s1. The van der Waals surface area contributed by atoms with Crippen LogP contribution in [-0.2, 0) is 4.79 Å². The summed E-state index contributed by atoms with van der Waals surface area (Å²) in [4.78, 5) is 28.7. The summed E-state index contributed by atoms with van der Waals surface area (Å²) >= 11 is 1.71. The first-order valence-electron chi connectivity index (χ1n) is 8.84. The fourth-order valence-electron chi connectivity index (χ4n) is 3.54. The van der Waals surface area contributed by atoms with Gasteiger partial charge in [0.2, 0.25) is 0 Å². The van der Waals surface area contributed by atoms with Crippen molar-refractivity contribution >= 4 is 38.8 Å². The molecular formula is C19H19N4O3S+. The van der Waals surface area contributed by atoms with Crippen molar-refractivity contribution in [3.05, 3.63) is 63.7 Å². The van der Waals surface area contributed by atoms with Crippen molar-refractivity contribution in [2.45, 2.75) is 18.9 Å². The predicted molar refractivity (Wildman–Crippen MR) is 104 cm³/mol. The lowest BCUT2D eigenvalue weighted by Gasteiger charge is -2.19. The topological polar surface area (TPSA) is 89.6 Å². The Bertz CT molecular complexity index is 953. The Labute approximate surface area is 159 Å². The van der Waals surface area contributed by atoms with Crippen LogP contribution in [0.2, 0.25) is 0 Å². The molecule has 1 saturated heterocycles. The second-order valence-electron chi connectivity index (χ2n) is 6.65. The first-order chi connectivity index (χ1) is 13.1. The number of likely N-dealkylation sites (tertiary alicyclic amines) is 1. The molecule has 0 spiro atoms. The molecule has 1 unspecified atom stereocenters. The maximum Gasteiger partial charge on any atom is 0.279 e. The van der Waals surface area contributed by atoms with E-state index in [4.69, 9.17) is 4.98 Å². The van der Waals surface area contributed by atoms with Crippen molar-refractivity contribution in [2.24, 2.45) is 0 Å². The Hall–Kier alpha value is -2.84. The Kier molecular flexibility index (Phi) is 4.83. The molecule has 138 valence electrons. The van der Waals surface area contributed by atoms with Gasteiger partial charge in [0, 0.05) is 30.7 Å². The van der Waals surface area contributed by atoms with E-state index >= 15 is 0 Å². The number of benzene rings is 2. The van der Waals surface area contributed by atoms with Gasteiger partial charge in [0.25, 0.3) is 11.6 Å². The molecule has 2 heterocycles. The first-order valence-corrected chi connectivity index (χ1v) is 9.66. The molecule has 2 N–H and O–H groups in total. The minimum atomic E-state index is -0.456. The van der Waals surface area contributed by atoms with Crippen molar-refractivity contribution in [1.29, 1.82) is 0 Å². The van der Waals surface area contributed by atoms with Crippen molar-refractivity contribution in [2.75, 3.05) is 18.4 Å². The number of hydrogen-bond acceptors (Lipinski definition) is 5. The SMILES string of the molecule is O=C(C[NH+]1CCC[C@@H]1c1nc2ccccc2s1)Nc1ccc([N+](=O)[O-])cc1. The van der Waals surface area contributed by atoms with Gasteiger partial charge in [0.05, 0.1) is 21.7 Å². The summed E-state index contributed by atoms with van der Waals surface area (Å²) in [6.45, 7) is 1.30. The molecule has 2 atom stereocenters. The van der Waals surface area contributed by atoms with E-state index in [1.165, 1.54) is 21.7 Å². The van der Waals surface area contributed by atoms with E-state index in [0.29, 0.717) is 12.2 Å². The summed E-state index contributed by atoms with van der Waals surface area (Å²) in [5.74, 6) is -0.0909. The monoisotopic (exact) mass is 383 g/mol. The van der Waals surface area contributed by atoms with E-state index in [1.807, 2.05) is 18.2 Å². The Balaban J connectivity index is 1.43. The molecule has 1 aliphatic rings. The lowest BCUT2D eigenvalue weighted by Crippen LogP contribution is -3.11. The lowest BCUT2D eigenvalue weighted by molar-refractivity contribution is -0.910. The summed E-state index contributed by atoms with van der Waals surface area (Å²) in [6.07, 6.45) is 2.10. The third-order valence-corrected chi connectivity index (χ3v) is 5.99. The number of carbonyl (C=O) groups is 1. The van der Waals surface area contributed by atoms with Crippen molar-refractivity contribution in [1.82, 2.24) is 4.98 Å². The van der Waals surface area contributed by atoms with Crippen LogP contribution in [0.1, 0.15) is 23.9 Å². The van der Waals surface area contributed by atoms with Gasteiger partial charge in [0.15, 0.2) is 11.6 Å². The van der Waals surface area contributed by atoms with Crippen molar-refractivity contribution in [3.63, 3.8) is 0 Å². The van der Waals surface area contributed by atoms with Gasteiger partial charge in [-0.05, 0) is 24.3 Å². The van der Waals surface area contributed by atoms with E-state index in [2.05, 4.69) is 11.4 Å². The van der Waals surface area contributed by atoms with Crippen LogP contribution >= 0.6 is 11.3 Å². The van der Waals surface area contributed by atoms with E-state index in [-0.39, 0.29) is 17.6 Å². The maximum absolute atomic E-state index is 12.5. The zero-order valence-electron chi connectivity index (χ0n) is 14.6. The molecule has 1 aromatic heterocycles. The number of thiazole rings is 1. The Morgan fingerprint density at radius 1 is 1.26 bits per heavy atom. The second-order valence-corrected chi connectivity index (χ2v) is 7.71. The van der Waals surface area contributed by atoms with Crippen LogP contribution in [-0.4, -0.2) is 28.9 Å². The van der Waals surface area contributed by atoms with Crippen LogP contribution in [0.4, 0.5) is 11.4 Å². The van der Waals surface area contributed by atoms with Gasteiger partial charge in [-0.3, -0.25) is 14.9 Å². The van der Waals surface area contributed by atoms with Crippen molar-refractivity contribution < 1.29 is 14.6 Å². The number of fused-ring (bicyclic) bond motifs is 1. The van der Waals surface area contributed by atoms with Crippen LogP contribution in [0.5, 0.6) is 0 Å². The fraction of sp³-hybridized carbons (Fsp3) is 0.263. The number of anilines is 1. The molecule has 2 aromatic carbocycles. The molecule has 3 aromatic rings. The minimum Gasteiger partial charge on any atom is -0.321 e. The molecular weight excluding hydrogens is 364 g/mol. The predicted octanol–water partition coefficient (Wildman–Crippen LogP) is 2.56. The van der Waals surface area contributed by atoms with Gasteiger partial charge in [-0.15, -0.1) is 11.3 Å². The number of para-hydroxylation sites is 1. The number of aromatic nitrogens is 1. The number of quaternary nitrogens is 1. The zero-order chi connectivity index (χ0) is 18.8. The number of nitro benzene ring substituents is 1. The average molecular weight is 383 g/mol. The van der Waals surface area contributed by atoms with E-state index in [9.17, 15) is 14.9 Å². The first kappa shape index (κ1) is 17.6. The highest BCUT2D eigenvalue weighted by molar-refractivity contribution is 7.18. The third-order valence-electron chi connectivity index (χ3n) is 4.84. The number of hydrogen-bond donors (Lipinski definition) is 2. The van der Waals surface area contributed by atoms with Crippen LogP contribution in [0, 0.1) is 10.1 Å². The summed E-state index contributed by atoms with van der Waals surface area (Å²) in [7, 11) is 0. The lowest BCUT2D eigenvalue weighted by atomic mass is 10.2. The van der Waals surface area contributed by atoms with E-state index in [1.54, 1.807) is 23.5 Å². The molecule has 4 rings (SSSR count). The zero-order valence-corrected chi connectivity index (χ0v) is 15.4. The number of amides is 1. The Morgan fingerprint density at radius 2 is 2.04 bits per heavy atom. The van der Waals surface area contributed by atoms with Crippen molar-refractivity contribution in [3.8, 4) is 0 Å². The van der Waals surface area contributed by atoms with Crippen LogP contribution < -0.4 is 10.2 Å². The summed E-state index contributed by atoms with van der Waals surface area (Å²) in [5, 5.41) is 14.6. The molecule has 0 aliphatic carbocycles. The summed E-state index contributed by atoms with van der Waals surface area (Å²) in [5.41, 5.74) is 1.59. The number of nitrogens with zero attached hydrogens (tertiary/aromatic N) is 2.